The molecule has 1 saturated carbocycles. The van der Waals surface area contributed by atoms with E-state index in [1.54, 1.807) is 21.3 Å². The average Bonchev–Trinajstić information content (AvgIpc) is 3.01. The van der Waals surface area contributed by atoms with Crippen molar-refractivity contribution in [2.24, 2.45) is 5.92 Å². The van der Waals surface area contributed by atoms with Crippen LogP contribution >= 0.6 is 0 Å². The van der Waals surface area contributed by atoms with Crippen LogP contribution < -0.4 is 19.5 Å². The second-order valence-corrected chi connectivity index (χ2v) is 10.7. The van der Waals surface area contributed by atoms with Crippen molar-refractivity contribution in [3.8, 4) is 17.2 Å². The largest absolute Gasteiger partial charge is 0.493 e. The molecular weight excluding hydrogens is 510 g/mol. The monoisotopic (exact) mass is 553 g/mol. The minimum Gasteiger partial charge on any atom is -0.493 e. The van der Waals surface area contributed by atoms with Crippen molar-refractivity contribution in [2.75, 3.05) is 34.5 Å². The number of hydrogen-bond donors (Lipinski definition) is 1. The van der Waals surface area contributed by atoms with Gasteiger partial charge in [0.1, 0.15) is 6.04 Å². The molecule has 2 aromatic rings. The van der Waals surface area contributed by atoms with E-state index in [2.05, 4.69) is 5.32 Å². The van der Waals surface area contributed by atoms with Gasteiger partial charge in [-0.3, -0.25) is 4.79 Å². The zero-order chi connectivity index (χ0) is 28.4. The highest BCUT2D eigenvalue weighted by Gasteiger charge is 2.50. The predicted octanol–water partition coefficient (Wildman–Crippen LogP) is 5.35. The summed E-state index contributed by atoms with van der Waals surface area (Å²) < 4.78 is 28.8. The van der Waals surface area contributed by atoms with Gasteiger partial charge >= 0.3 is 11.9 Å². The SMILES string of the molecule is COc1cc([C@@](CCOCc2ccccc2)(C(=O)OC(=O)C2CCCCN2)C2CCCCC2)cc(OC)c1OC. The Balaban J connectivity index is 1.73. The Bertz CT molecular complexity index is 1080. The first-order valence-corrected chi connectivity index (χ1v) is 14.4. The summed E-state index contributed by atoms with van der Waals surface area (Å²) in [6.45, 7) is 1.48. The maximum absolute atomic E-state index is 14.4. The van der Waals surface area contributed by atoms with Crippen molar-refractivity contribution in [3.63, 3.8) is 0 Å². The fourth-order valence-corrected chi connectivity index (χ4v) is 6.21. The van der Waals surface area contributed by atoms with E-state index in [4.69, 9.17) is 23.7 Å². The second-order valence-electron chi connectivity index (χ2n) is 10.7. The number of carbonyl (C=O) groups excluding carboxylic acids is 2. The molecule has 8 nitrogen and oxygen atoms in total. The Hall–Kier alpha value is -3.10. The summed E-state index contributed by atoms with van der Waals surface area (Å²) in [6, 6.07) is 13.1. The van der Waals surface area contributed by atoms with Crippen LogP contribution in [0.5, 0.6) is 17.2 Å². The maximum atomic E-state index is 14.4. The highest BCUT2D eigenvalue weighted by molar-refractivity contribution is 5.94. The quantitative estimate of drug-likeness (QED) is 0.214. The third-order valence-electron chi connectivity index (χ3n) is 8.39. The van der Waals surface area contributed by atoms with Crippen LogP contribution in [0.25, 0.3) is 0 Å². The predicted molar refractivity (Wildman–Crippen MR) is 152 cm³/mol. The molecule has 4 rings (SSSR count). The Morgan fingerprint density at radius 2 is 1.55 bits per heavy atom. The van der Waals surface area contributed by atoms with Crippen LogP contribution in [-0.2, 0) is 31.1 Å². The molecule has 0 radical (unpaired) electrons. The first-order valence-electron chi connectivity index (χ1n) is 14.4. The van der Waals surface area contributed by atoms with Gasteiger partial charge in [0.15, 0.2) is 11.5 Å². The number of carbonyl (C=O) groups is 2. The number of piperidine rings is 1. The Labute approximate surface area is 237 Å². The lowest BCUT2D eigenvalue weighted by Crippen LogP contribution is -2.49. The number of esters is 2. The smallest absolute Gasteiger partial charge is 0.330 e. The number of hydrogen-bond acceptors (Lipinski definition) is 8. The number of methoxy groups -OCH3 is 3. The molecule has 0 spiro atoms. The van der Waals surface area contributed by atoms with Crippen molar-refractivity contribution in [1.29, 1.82) is 0 Å². The normalized spacial score (nSPS) is 19.3. The van der Waals surface area contributed by atoms with Crippen LogP contribution in [-0.4, -0.2) is 52.5 Å². The van der Waals surface area contributed by atoms with Crippen LogP contribution in [0.2, 0.25) is 0 Å². The molecule has 40 heavy (non-hydrogen) atoms. The molecule has 1 N–H and O–H groups in total. The number of benzene rings is 2. The van der Waals surface area contributed by atoms with E-state index >= 15 is 0 Å². The third-order valence-corrected chi connectivity index (χ3v) is 8.39. The lowest BCUT2D eigenvalue weighted by Gasteiger charge is -2.41. The summed E-state index contributed by atoms with van der Waals surface area (Å²) in [5.74, 6) is 0.272. The Kier molecular flexibility index (Phi) is 10.8. The zero-order valence-corrected chi connectivity index (χ0v) is 24.0. The first-order chi connectivity index (χ1) is 19.5. The summed E-state index contributed by atoms with van der Waals surface area (Å²) in [6.07, 6.45) is 7.77. The number of nitrogens with one attached hydrogen (secondary N) is 1. The van der Waals surface area contributed by atoms with Crippen molar-refractivity contribution >= 4 is 11.9 Å². The molecule has 218 valence electrons. The van der Waals surface area contributed by atoms with Crippen molar-refractivity contribution < 1.29 is 33.3 Å². The summed E-state index contributed by atoms with van der Waals surface area (Å²) >= 11 is 0. The molecule has 1 saturated heterocycles. The van der Waals surface area contributed by atoms with E-state index in [-0.39, 0.29) is 5.92 Å². The zero-order valence-electron chi connectivity index (χ0n) is 24.0. The first kappa shape index (κ1) is 29.9. The van der Waals surface area contributed by atoms with Crippen molar-refractivity contribution in [1.82, 2.24) is 5.32 Å². The van der Waals surface area contributed by atoms with Gasteiger partial charge in [0.2, 0.25) is 5.75 Å². The van der Waals surface area contributed by atoms with Gasteiger partial charge in [-0.2, -0.15) is 0 Å². The lowest BCUT2D eigenvalue weighted by atomic mass is 9.63. The molecule has 0 aromatic heterocycles. The van der Waals surface area contributed by atoms with Crippen LogP contribution in [0.15, 0.2) is 42.5 Å². The van der Waals surface area contributed by atoms with Gasteiger partial charge in [0.25, 0.3) is 0 Å². The van der Waals surface area contributed by atoms with E-state index in [1.165, 1.54) is 0 Å². The molecule has 2 fully saturated rings. The van der Waals surface area contributed by atoms with E-state index in [1.807, 2.05) is 42.5 Å². The molecule has 8 heteroatoms. The maximum Gasteiger partial charge on any atom is 0.330 e. The summed E-state index contributed by atoms with van der Waals surface area (Å²) in [5, 5.41) is 3.21. The highest BCUT2D eigenvalue weighted by Crippen LogP contribution is 2.49. The summed E-state index contributed by atoms with van der Waals surface area (Å²) in [5.41, 5.74) is 0.611. The molecule has 2 aliphatic rings. The van der Waals surface area contributed by atoms with E-state index in [9.17, 15) is 9.59 Å². The van der Waals surface area contributed by atoms with E-state index in [0.29, 0.717) is 48.9 Å². The fourth-order valence-electron chi connectivity index (χ4n) is 6.21. The van der Waals surface area contributed by atoms with Gasteiger partial charge in [-0.1, -0.05) is 56.0 Å². The van der Waals surface area contributed by atoms with Gasteiger partial charge < -0.3 is 29.0 Å². The summed E-state index contributed by atoms with van der Waals surface area (Å²) in [7, 11) is 4.67. The van der Waals surface area contributed by atoms with Gasteiger partial charge in [0, 0.05) is 6.61 Å². The average molecular weight is 554 g/mol. The molecule has 1 aliphatic heterocycles. The highest BCUT2D eigenvalue weighted by atomic mass is 16.6. The summed E-state index contributed by atoms with van der Waals surface area (Å²) in [4.78, 5) is 27.6. The third kappa shape index (κ3) is 6.78. The minimum absolute atomic E-state index is 0.0380. The fraction of sp³-hybridized carbons (Fsp3) is 0.562. The Morgan fingerprint density at radius 3 is 2.15 bits per heavy atom. The molecular formula is C32H43NO7. The molecule has 0 bridgehead atoms. The number of rotatable bonds is 12. The van der Waals surface area contributed by atoms with Gasteiger partial charge in [0.05, 0.1) is 33.4 Å². The topological polar surface area (TPSA) is 92.3 Å². The van der Waals surface area contributed by atoms with Gasteiger partial charge in [-0.05, 0) is 67.8 Å². The number of ether oxygens (including phenoxy) is 5. The van der Waals surface area contributed by atoms with Crippen molar-refractivity contribution in [2.45, 2.75) is 75.9 Å². The standard InChI is InChI=1S/C32H43NO7/c1-36-27-20-25(21-28(37-2)29(27)38-3)32(24-14-8-5-9-15-24,17-19-39-22-23-12-6-4-7-13-23)31(35)40-30(34)26-16-10-11-18-33-26/h4,6-7,12-13,20-21,24,26,33H,5,8-11,14-19,22H2,1-3H3/t26?,32-/m0/s1. The van der Waals surface area contributed by atoms with E-state index < -0.39 is 23.4 Å². The molecule has 2 atom stereocenters. The van der Waals surface area contributed by atoms with E-state index in [0.717, 1.165) is 57.1 Å². The molecule has 2 aromatic carbocycles. The molecule has 1 heterocycles. The minimum atomic E-state index is -1.13. The molecule has 1 unspecified atom stereocenters. The van der Waals surface area contributed by atoms with Gasteiger partial charge in [-0.15, -0.1) is 0 Å². The van der Waals surface area contributed by atoms with Crippen molar-refractivity contribution in [3.05, 3.63) is 53.6 Å². The van der Waals surface area contributed by atoms with Crippen LogP contribution in [0, 0.1) is 5.92 Å². The van der Waals surface area contributed by atoms with Crippen LogP contribution in [0.3, 0.4) is 0 Å². The Morgan fingerprint density at radius 1 is 0.875 bits per heavy atom. The van der Waals surface area contributed by atoms with Crippen LogP contribution in [0.4, 0.5) is 0 Å². The van der Waals surface area contributed by atoms with Crippen LogP contribution in [0.1, 0.15) is 68.9 Å². The lowest BCUT2D eigenvalue weighted by molar-refractivity contribution is -0.168. The molecule has 0 amide bonds. The van der Waals surface area contributed by atoms with Gasteiger partial charge in [-0.25, -0.2) is 4.79 Å². The molecule has 1 aliphatic carbocycles. The second kappa shape index (κ2) is 14.5.